The van der Waals surface area contributed by atoms with Crippen LogP contribution in [0.5, 0.6) is 0 Å². The Morgan fingerprint density at radius 3 is 2.85 bits per heavy atom. The lowest BCUT2D eigenvalue weighted by Gasteiger charge is -2.21. The van der Waals surface area contributed by atoms with E-state index in [1.807, 2.05) is 0 Å². The summed E-state index contributed by atoms with van der Waals surface area (Å²) in [5.41, 5.74) is 0. The van der Waals surface area contributed by atoms with Gasteiger partial charge in [-0.3, -0.25) is 4.79 Å². The molecule has 72 valence electrons. The van der Waals surface area contributed by atoms with E-state index in [4.69, 9.17) is 4.74 Å². The molecule has 0 aromatic rings. The van der Waals surface area contributed by atoms with E-state index in [0.29, 0.717) is 5.92 Å². The lowest BCUT2D eigenvalue weighted by Crippen LogP contribution is -2.31. The smallest absolute Gasteiger partial charge is 0.295 e. The molecule has 1 N–H and O–H groups in total. The molecule has 1 fully saturated rings. The summed E-state index contributed by atoms with van der Waals surface area (Å²) in [5, 5.41) is 2.79. The van der Waals surface area contributed by atoms with E-state index in [1.54, 1.807) is 6.92 Å². The molecule has 0 aromatic heterocycles. The Bertz CT molecular complexity index is 221. The molecule has 0 saturated carbocycles. The van der Waals surface area contributed by atoms with Crippen molar-refractivity contribution in [2.45, 2.75) is 19.8 Å². The van der Waals surface area contributed by atoms with Crippen LogP contribution in [-0.2, 0) is 9.53 Å². The first kappa shape index (κ1) is 10.1. The van der Waals surface area contributed by atoms with Crippen molar-refractivity contribution in [1.29, 1.82) is 0 Å². The van der Waals surface area contributed by atoms with Crippen LogP contribution in [0.1, 0.15) is 19.8 Å². The maximum Gasteiger partial charge on any atom is 0.295 e. The number of hydrogen-bond acceptors (Lipinski definition) is 2. The second-order valence-electron chi connectivity index (χ2n) is 3.14. The van der Waals surface area contributed by atoms with Crippen LogP contribution in [0.25, 0.3) is 0 Å². The average molecular weight is 181 g/mol. The number of nitrogens with one attached hydrogen (secondary N) is 1. The van der Waals surface area contributed by atoms with Gasteiger partial charge >= 0.3 is 0 Å². The van der Waals surface area contributed by atoms with Crippen LogP contribution in [0.2, 0.25) is 0 Å². The summed E-state index contributed by atoms with van der Waals surface area (Å²) in [6, 6.07) is 0. The van der Waals surface area contributed by atoms with Gasteiger partial charge in [-0.05, 0) is 31.6 Å². The fourth-order valence-corrected chi connectivity index (χ4v) is 1.35. The third-order valence-corrected chi connectivity index (χ3v) is 2.13. The van der Waals surface area contributed by atoms with Gasteiger partial charge in [0.05, 0.1) is 0 Å². The van der Waals surface area contributed by atoms with Crippen LogP contribution in [0.3, 0.4) is 0 Å². The van der Waals surface area contributed by atoms with Gasteiger partial charge in [-0.2, -0.15) is 0 Å². The van der Waals surface area contributed by atoms with Crippen LogP contribution in [-0.4, -0.2) is 25.7 Å². The summed E-state index contributed by atoms with van der Waals surface area (Å²) in [6.45, 7) is 4.03. The highest BCUT2D eigenvalue weighted by Gasteiger charge is 2.13. The second kappa shape index (κ2) is 5.60. The molecule has 0 radical (unpaired) electrons. The Hall–Kier alpha value is -1.01. The number of carbonyl (C=O) groups excluding carboxylic acids is 1. The Labute approximate surface area is 78.8 Å². The molecule has 1 heterocycles. The minimum Gasteiger partial charge on any atom is -0.381 e. The predicted molar refractivity (Wildman–Crippen MR) is 50.0 cm³/mol. The summed E-state index contributed by atoms with van der Waals surface area (Å²) in [6.07, 6.45) is 2.08. The number of rotatable bonds is 2. The van der Waals surface area contributed by atoms with Crippen molar-refractivity contribution in [3.8, 4) is 11.8 Å². The predicted octanol–water partition coefficient (Wildman–Crippen LogP) is 0.552. The van der Waals surface area contributed by atoms with E-state index in [-0.39, 0.29) is 5.91 Å². The van der Waals surface area contributed by atoms with Gasteiger partial charge < -0.3 is 10.1 Å². The van der Waals surface area contributed by atoms with Crippen molar-refractivity contribution >= 4 is 5.91 Å². The summed E-state index contributed by atoms with van der Waals surface area (Å²) >= 11 is 0. The van der Waals surface area contributed by atoms with Gasteiger partial charge in [0.2, 0.25) is 0 Å². The van der Waals surface area contributed by atoms with Gasteiger partial charge in [-0.15, -0.1) is 0 Å². The highest BCUT2D eigenvalue weighted by molar-refractivity contribution is 5.93. The summed E-state index contributed by atoms with van der Waals surface area (Å²) < 4.78 is 5.21. The molecule has 1 rings (SSSR count). The van der Waals surface area contributed by atoms with Crippen molar-refractivity contribution in [1.82, 2.24) is 5.32 Å². The third kappa shape index (κ3) is 3.95. The first-order chi connectivity index (χ1) is 6.33. The molecule has 0 bridgehead atoms. The van der Waals surface area contributed by atoms with E-state index in [2.05, 4.69) is 17.2 Å². The van der Waals surface area contributed by atoms with Crippen LogP contribution < -0.4 is 5.32 Å². The largest absolute Gasteiger partial charge is 0.381 e. The zero-order chi connectivity index (χ0) is 9.52. The van der Waals surface area contributed by atoms with Crippen molar-refractivity contribution in [2.75, 3.05) is 19.8 Å². The van der Waals surface area contributed by atoms with E-state index in [1.165, 1.54) is 0 Å². The van der Waals surface area contributed by atoms with Crippen LogP contribution in [0.15, 0.2) is 0 Å². The van der Waals surface area contributed by atoms with E-state index in [0.717, 1.165) is 32.6 Å². The molecule has 0 aromatic carbocycles. The number of amides is 1. The molecule has 1 amide bonds. The van der Waals surface area contributed by atoms with E-state index >= 15 is 0 Å². The normalized spacial score (nSPS) is 17.3. The molecule has 1 saturated heterocycles. The van der Waals surface area contributed by atoms with E-state index in [9.17, 15) is 4.79 Å². The maximum atomic E-state index is 11.0. The first-order valence-corrected chi connectivity index (χ1v) is 4.61. The molecule has 3 heteroatoms. The van der Waals surface area contributed by atoms with Gasteiger partial charge in [0.15, 0.2) is 0 Å². The molecule has 3 nitrogen and oxygen atoms in total. The van der Waals surface area contributed by atoms with Crippen molar-refractivity contribution in [3.05, 3.63) is 0 Å². The van der Waals surface area contributed by atoms with Gasteiger partial charge in [0.1, 0.15) is 0 Å². The first-order valence-electron chi connectivity index (χ1n) is 4.61. The van der Waals surface area contributed by atoms with Crippen LogP contribution in [0, 0.1) is 17.8 Å². The van der Waals surface area contributed by atoms with Gasteiger partial charge in [-0.25, -0.2) is 0 Å². The van der Waals surface area contributed by atoms with Crippen molar-refractivity contribution in [3.63, 3.8) is 0 Å². The van der Waals surface area contributed by atoms with Gasteiger partial charge in [-0.1, -0.05) is 5.92 Å². The summed E-state index contributed by atoms with van der Waals surface area (Å²) in [5.74, 6) is 5.42. The highest BCUT2D eigenvalue weighted by Crippen LogP contribution is 2.12. The minimum absolute atomic E-state index is 0.172. The lowest BCUT2D eigenvalue weighted by atomic mass is 10.0. The minimum atomic E-state index is -0.172. The topological polar surface area (TPSA) is 38.3 Å². The van der Waals surface area contributed by atoms with Crippen LogP contribution in [0.4, 0.5) is 0 Å². The Morgan fingerprint density at radius 1 is 1.54 bits per heavy atom. The summed E-state index contributed by atoms with van der Waals surface area (Å²) in [4.78, 5) is 11.0. The highest BCUT2D eigenvalue weighted by atomic mass is 16.5. The fraction of sp³-hybridized carbons (Fsp3) is 0.700. The standard InChI is InChI=1S/C10H15NO2/c1-2-3-10(12)11-8-9-4-6-13-7-5-9/h9H,4-8H2,1H3,(H,11,12). The van der Waals surface area contributed by atoms with Gasteiger partial charge in [0.25, 0.3) is 5.91 Å². The number of ether oxygens (including phenoxy) is 1. The molecule has 0 atom stereocenters. The maximum absolute atomic E-state index is 11.0. The quantitative estimate of drug-likeness (QED) is 0.632. The molecular formula is C10H15NO2. The third-order valence-electron chi connectivity index (χ3n) is 2.13. The SMILES string of the molecule is CC#CC(=O)NCC1CCOCC1. The number of hydrogen-bond donors (Lipinski definition) is 1. The number of carbonyl (C=O) groups is 1. The summed E-state index contributed by atoms with van der Waals surface area (Å²) in [7, 11) is 0. The Morgan fingerprint density at radius 2 is 2.23 bits per heavy atom. The van der Waals surface area contributed by atoms with E-state index < -0.39 is 0 Å². The average Bonchev–Trinajstić information content (AvgIpc) is 2.17. The zero-order valence-electron chi connectivity index (χ0n) is 7.93. The molecule has 0 aliphatic carbocycles. The monoisotopic (exact) mass is 181 g/mol. The second-order valence-corrected chi connectivity index (χ2v) is 3.14. The molecule has 0 spiro atoms. The molecule has 1 aliphatic rings. The lowest BCUT2D eigenvalue weighted by molar-refractivity contribution is -0.116. The van der Waals surface area contributed by atoms with Crippen molar-refractivity contribution in [2.24, 2.45) is 5.92 Å². The molecule has 0 unspecified atom stereocenters. The Balaban J connectivity index is 2.16. The van der Waals surface area contributed by atoms with Gasteiger partial charge in [0, 0.05) is 19.8 Å². The van der Waals surface area contributed by atoms with Crippen molar-refractivity contribution < 1.29 is 9.53 Å². The molecule has 1 aliphatic heterocycles. The van der Waals surface area contributed by atoms with Crippen LogP contribution >= 0.6 is 0 Å². The molecule has 13 heavy (non-hydrogen) atoms. The molecular weight excluding hydrogens is 166 g/mol. The zero-order valence-corrected chi connectivity index (χ0v) is 7.93. The fourth-order valence-electron chi connectivity index (χ4n) is 1.35. The Kier molecular flexibility index (Phi) is 4.34.